The topological polar surface area (TPSA) is 42.0 Å². The number of carbonyl (C=O) groups is 1. The summed E-state index contributed by atoms with van der Waals surface area (Å²) in [5.74, 6) is 0.829. The summed E-state index contributed by atoms with van der Waals surface area (Å²) in [6, 6.07) is 0.535. The van der Waals surface area contributed by atoms with Crippen molar-refractivity contribution in [1.29, 1.82) is 0 Å². The molecule has 5 nitrogen and oxygen atoms in total. The van der Waals surface area contributed by atoms with E-state index in [-0.39, 0.29) is 18.1 Å². The average molecular weight is 284 g/mol. The van der Waals surface area contributed by atoms with Crippen LogP contribution in [0.5, 0.6) is 0 Å². The molecule has 0 unspecified atom stereocenters. The van der Waals surface area contributed by atoms with Crippen LogP contribution in [0.3, 0.4) is 0 Å². The molecule has 0 aromatic heterocycles. The Morgan fingerprint density at radius 3 is 1.65 bits per heavy atom. The van der Waals surface area contributed by atoms with Gasteiger partial charge in [-0.1, -0.05) is 27.7 Å². The van der Waals surface area contributed by atoms with Crippen LogP contribution in [-0.2, 0) is 9.47 Å². The molecule has 2 atom stereocenters. The van der Waals surface area contributed by atoms with Gasteiger partial charge in [0.1, 0.15) is 0 Å². The van der Waals surface area contributed by atoms with E-state index in [9.17, 15) is 4.79 Å². The highest BCUT2D eigenvalue weighted by Gasteiger charge is 2.37. The van der Waals surface area contributed by atoms with E-state index in [4.69, 9.17) is 9.47 Å². The number of hydrogen-bond acceptors (Lipinski definition) is 3. The van der Waals surface area contributed by atoms with Gasteiger partial charge in [0.25, 0.3) is 0 Å². The van der Waals surface area contributed by atoms with Crippen LogP contribution in [0.4, 0.5) is 4.79 Å². The molecule has 20 heavy (non-hydrogen) atoms. The zero-order chi connectivity index (χ0) is 14.7. The van der Waals surface area contributed by atoms with E-state index in [2.05, 4.69) is 27.7 Å². The fraction of sp³-hybridized carbons (Fsp3) is 0.933. The Kier molecular flexibility index (Phi) is 5.27. The quantitative estimate of drug-likeness (QED) is 0.777. The van der Waals surface area contributed by atoms with Gasteiger partial charge in [0.15, 0.2) is 0 Å². The minimum Gasteiger partial charge on any atom is -0.377 e. The molecule has 0 aromatic carbocycles. The van der Waals surface area contributed by atoms with Gasteiger partial charge in [0.05, 0.1) is 38.5 Å². The molecule has 2 rings (SSSR count). The van der Waals surface area contributed by atoms with Crippen LogP contribution in [0, 0.1) is 11.8 Å². The maximum absolute atomic E-state index is 12.9. The predicted octanol–water partition coefficient (Wildman–Crippen LogP) is 1.82. The largest absolute Gasteiger partial charge is 0.377 e. The summed E-state index contributed by atoms with van der Waals surface area (Å²) in [6.45, 7) is 12.6. The van der Waals surface area contributed by atoms with Crippen molar-refractivity contribution in [2.45, 2.75) is 39.8 Å². The number of amides is 2. The number of urea groups is 1. The van der Waals surface area contributed by atoms with Crippen molar-refractivity contribution in [3.8, 4) is 0 Å². The summed E-state index contributed by atoms with van der Waals surface area (Å²) >= 11 is 0. The van der Waals surface area contributed by atoms with E-state index in [1.54, 1.807) is 0 Å². The minimum atomic E-state index is 0.161. The Morgan fingerprint density at radius 1 is 0.900 bits per heavy atom. The molecular weight excluding hydrogens is 256 g/mol. The SMILES string of the molecule is CC(C)[C@H]1COCCN1C(=O)N1CCOC[C@@H]1C(C)C. The molecule has 0 saturated carbocycles. The van der Waals surface area contributed by atoms with E-state index in [0.717, 1.165) is 0 Å². The van der Waals surface area contributed by atoms with E-state index >= 15 is 0 Å². The molecule has 2 fully saturated rings. The van der Waals surface area contributed by atoms with E-state index in [1.165, 1.54) is 0 Å². The van der Waals surface area contributed by atoms with Crippen molar-refractivity contribution in [1.82, 2.24) is 9.80 Å². The molecule has 2 aliphatic heterocycles. The highest BCUT2D eigenvalue weighted by atomic mass is 16.5. The van der Waals surface area contributed by atoms with E-state index in [0.29, 0.717) is 51.4 Å². The van der Waals surface area contributed by atoms with Gasteiger partial charge in [-0.25, -0.2) is 4.79 Å². The number of ether oxygens (including phenoxy) is 2. The first-order valence-electron chi connectivity index (χ1n) is 7.75. The molecule has 5 heteroatoms. The zero-order valence-corrected chi connectivity index (χ0v) is 13.2. The molecule has 0 bridgehead atoms. The third-order valence-corrected chi connectivity index (χ3v) is 4.36. The molecule has 0 radical (unpaired) electrons. The van der Waals surface area contributed by atoms with Gasteiger partial charge in [-0.2, -0.15) is 0 Å². The number of carbonyl (C=O) groups excluding carboxylic acids is 1. The number of morpholine rings is 2. The fourth-order valence-corrected chi connectivity index (χ4v) is 2.99. The third kappa shape index (κ3) is 3.26. The smallest absolute Gasteiger partial charge is 0.320 e. The van der Waals surface area contributed by atoms with Crippen LogP contribution >= 0.6 is 0 Å². The highest BCUT2D eigenvalue weighted by Crippen LogP contribution is 2.22. The number of rotatable bonds is 2. The maximum atomic E-state index is 12.9. The van der Waals surface area contributed by atoms with Gasteiger partial charge < -0.3 is 19.3 Å². The van der Waals surface area contributed by atoms with Crippen molar-refractivity contribution in [3.05, 3.63) is 0 Å². The van der Waals surface area contributed by atoms with Crippen molar-refractivity contribution < 1.29 is 14.3 Å². The van der Waals surface area contributed by atoms with Crippen LogP contribution in [0.15, 0.2) is 0 Å². The van der Waals surface area contributed by atoms with Crippen LogP contribution in [-0.4, -0.2) is 67.4 Å². The summed E-state index contributed by atoms with van der Waals surface area (Å²) in [5, 5.41) is 0. The van der Waals surface area contributed by atoms with Crippen LogP contribution < -0.4 is 0 Å². The van der Waals surface area contributed by atoms with E-state index < -0.39 is 0 Å². The maximum Gasteiger partial charge on any atom is 0.320 e. The second-order valence-corrected chi connectivity index (χ2v) is 6.44. The normalized spacial score (nSPS) is 28.3. The lowest BCUT2D eigenvalue weighted by atomic mass is 10.0. The van der Waals surface area contributed by atoms with Crippen molar-refractivity contribution in [3.63, 3.8) is 0 Å². The molecule has 2 saturated heterocycles. The fourth-order valence-electron chi connectivity index (χ4n) is 2.99. The van der Waals surface area contributed by atoms with Gasteiger partial charge in [-0.15, -0.1) is 0 Å². The van der Waals surface area contributed by atoms with Crippen molar-refractivity contribution in [2.75, 3.05) is 39.5 Å². The van der Waals surface area contributed by atoms with Gasteiger partial charge in [0, 0.05) is 13.1 Å². The summed E-state index contributed by atoms with van der Waals surface area (Å²) < 4.78 is 11.1. The summed E-state index contributed by atoms with van der Waals surface area (Å²) in [7, 11) is 0. The molecule has 2 heterocycles. The van der Waals surface area contributed by atoms with Crippen LogP contribution in [0.25, 0.3) is 0 Å². The monoisotopic (exact) mass is 284 g/mol. The van der Waals surface area contributed by atoms with Gasteiger partial charge in [-0.3, -0.25) is 0 Å². The lowest BCUT2D eigenvalue weighted by Gasteiger charge is -2.45. The molecule has 0 aromatic rings. The second kappa shape index (κ2) is 6.76. The molecule has 2 aliphatic rings. The Labute approximate surface area is 122 Å². The number of nitrogens with zero attached hydrogens (tertiary/aromatic N) is 2. The molecule has 2 amide bonds. The Morgan fingerprint density at radius 2 is 1.30 bits per heavy atom. The van der Waals surface area contributed by atoms with Gasteiger partial charge >= 0.3 is 6.03 Å². The van der Waals surface area contributed by atoms with E-state index in [1.807, 2.05) is 9.80 Å². The summed E-state index contributed by atoms with van der Waals surface area (Å²) in [5.41, 5.74) is 0. The van der Waals surface area contributed by atoms with Crippen LogP contribution in [0.2, 0.25) is 0 Å². The van der Waals surface area contributed by atoms with Crippen LogP contribution in [0.1, 0.15) is 27.7 Å². The first kappa shape index (κ1) is 15.6. The Hall–Kier alpha value is -0.810. The Bertz CT molecular complexity index is 303. The Balaban J connectivity index is 2.10. The first-order chi connectivity index (χ1) is 9.52. The first-order valence-corrected chi connectivity index (χ1v) is 7.75. The zero-order valence-electron chi connectivity index (χ0n) is 13.2. The lowest BCUT2D eigenvalue weighted by Crippen LogP contribution is -2.60. The molecule has 0 spiro atoms. The third-order valence-electron chi connectivity index (χ3n) is 4.36. The molecule has 0 N–H and O–H groups in total. The minimum absolute atomic E-state index is 0.161. The van der Waals surface area contributed by atoms with Gasteiger partial charge in [0.2, 0.25) is 0 Å². The summed E-state index contributed by atoms with van der Waals surface area (Å²) in [6.07, 6.45) is 0. The second-order valence-electron chi connectivity index (χ2n) is 6.44. The standard InChI is InChI=1S/C15H28N2O3/c1-11(2)13-9-19-7-5-16(13)15(18)17-6-8-20-10-14(17)12(3)4/h11-14H,5-10H2,1-4H3/t13-,14-/m1/s1. The average Bonchev–Trinajstić information content (AvgIpc) is 2.46. The lowest BCUT2D eigenvalue weighted by molar-refractivity contribution is -0.0409. The number of hydrogen-bond donors (Lipinski definition) is 0. The molecule has 116 valence electrons. The summed E-state index contributed by atoms with van der Waals surface area (Å²) in [4.78, 5) is 16.9. The van der Waals surface area contributed by atoms with Crippen molar-refractivity contribution in [2.24, 2.45) is 11.8 Å². The predicted molar refractivity (Wildman–Crippen MR) is 77.7 cm³/mol. The molecule has 0 aliphatic carbocycles. The highest BCUT2D eigenvalue weighted by molar-refractivity contribution is 5.75. The molecular formula is C15H28N2O3. The van der Waals surface area contributed by atoms with Crippen molar-refractivity contribution >= 4 is 6.03 Å². The van der Waals surface area contributed by atoms with Gasteiger partial charge in [-0.05, 0) is 11.8 Å².